The summed E-state index contributed by atoms with van der Waals surface area (Å²) in [4.78, 5) is 11.6. The van der Waals surface area contributed by atoms with Crippen LogP contribution in [0.1, 0.15) is 88.9 Å². The number of rotatable bonds is 14. The van der Waals surface area contributed by atoms with Crippen LogP contribution in [-0.2, 0) is 11.8 Å². The molecule has 2 N–H and O–H groups in total. The smallest absolute Gasteiger partial charge is 0.267 e. The normalized spacial score (nSPS) is 18.4. The molecule has 0 aliphatic carbocycles. The van der Waals surface area contributed by atoms with Crippen molar-refractivity contribution in [3.63, 3.8) is 0 Å². The third kappa shape index (κ3) is 5.95. The average molecular weight is 405 g/mol. The second-order valence-corrected chi connectivity index (χ2v) is 8.16. The molecule has 8 heteroatoms. The van der Waals surface area contributed by atoms with Gasteiger partial charge in [-0.25, -0.2) is 0 Å². The summed E-state index contributed by atoms with van der Waals surface area (Å²) in [5, 5.41) is 17.1. The highest BCUT2D eigenvalue weighted by molar-refractivity contribution is 6.05. The van der Waals surface area contributed by atoms with Crippen molar-refractivity contribution in [2.75, 3.05) is 6.54 Å². The number of primary amides is 1. The van der Waals surface area contributed by atoms with Gasteiger partial charge in [0.1, 0.15) is 18.7 Å². The third-order valence-corrected chi connectivity index (χ3v) is 5.79. The molecule has 0 radical (unpaired) electrons. The Morgan fingerprint density at radius 2 is 1.59 bits per heavy atom. The van der Waals surface area contributed by atoms with Crippen LogP contribution in [0.15, 0.2) is 15.5 Å². The second-order valence-electron chi connectivity index (χ2n) is 8.16. The summed E-state index contributed by atoms with van der Waals surface area (Å²) >= 11 is 0. The van der Waals surface area contributed by atoms with Gasteiger partial charge >= 0.3 is 0 Å². The highest BCUT2D eigenvalue weighted by atomic mass is 16.1. The SMILES string of the molecule is CCCCCCCCCCCC[N+]1(c2c(C)nn(C)c2C)N=NN=C1CC(N)=O. The van der Waals surface area contributed by atoms with E-state index in [4.69, 9.17) is 5.73 Å². The molecule has 1 atom stereocenters. The van der Waals surface area contributed by atoms with Gasteiger partial charge < -0.3 is 5.73 Å². The van der Waals surface area contributed by atoms with Crippen LogP contribution in [0.25, 0.3) is 0 Å². The largest absolute Gasteiger partial charge is 0.369 e. The number of carbonyl (C=O) groups excluding carboxylic acids is 1. The Morgan fingerprint density at radius 3 is 2.10 bits per heavy atom. The monoisotopic (exact) mass is 404 g/mol. The lowest BCUT2D eigenvalue weighted by Gasteiger charge is -2.26. The van der Waals surface area contributed by atoms with Gasteiger partial charge in [-0.2, -0.15) is 5.10 Å². The summed E-state index contributed by atoms with van der Waals surface area (Å²) in [5.41, 5.74) is 8.33. The van der Waals surface area contributed by atoms with E-state index in [1.165, 1.54) is 51.4 Å². The molecule has 0 fully saturated rings. The number of amidine groups is 1. The molecule has 29 heavy (non-hydrogen) atoms. The molecule has 0 saturated heterocycles. The van der Waals surface area contributed by atoms with E-state index >= 15 is 0 Å². The molecule has 1 aromatic rings. The highest BCUT2D eigenvalue weighted by Gasteiger charge is 2.46. The van der Waals surface area contributed by atoms with Crippen LogP contribution < -0.4 is 10.3 Å². The number of hydrogen-bond donors (Lipinski definition) is 1. The molecule has 2 rings (SSSR count). The number of hydrogen-bond acceptors (Lipinski definition) is 5. The number of amides is 1. The third-order valence-electron chi connectivity index (χ3n) is 5.79. The maximum absolute atomic E-state index is 11.6. The molecular weight excluding hydrogens is 366 g/mol. The molecule has 1 unspecified atom stereocenters. The standard InChI is InChI=1S/C21H37N7O/c1-5-6-7-8-9-10-11-12-13-14-15-28(20(16-19(22)29)23-25-26-28)21-17(2)24-27(4)18(21)3/h5-16H2,1-4H3,(H-,22,29)/p+1. The summed E-state index contributed by atoms with van der Waals surface area (Å²) in [5.74, 6) is 0.174. The number of quaternary nitrogens is 1. The maximum Gasteiger partial charge on any atom is 0.267 e. The van der Waals surface area contributed by atoms with Crippen molar-refractivity contribution in [1.29, 1.82) is 0 Å². The van der Waals surface area contributed by atoms with Crippen LogP contribution in [-0.4, -0.2) is 28.1 Å². The van der Waals surface area contributed by atoms with Gasteiger partial charge in [-0.15, -0.1) is 0 Å². The van der Waals surface area contributed by atoms with Crippen molar-refractivity contribution in [2.45, 2.75) is 91.4 Å². The number of aryl methyl sites for hydroxylation is 2. The molecular formula is C21H38N7O+. The minimum atomic E-state index is -0.416. The Kier molecular flexibility index (Phi) is 8.95. The summed E-state index contributed by atoms with van der Waals surface area (Å²) in [7, 11) is 1.92. The van der Waals surface area contributed by atoms with Gasteiger partial charge in [-0.1, -0.05) is 68.0 Å². The lowest BCUT2D eigenvalue weighted by molar-refractivity contribution is -0.117. The molecule has 1 aliphatic heterocycles. The van der Waals surface area contributed by atoms with E-state index in [1.54, 1.807) is 0 Å². The fraction of sp³-hybridized carbons (Fsp3) is 0.762. The van der Waals surface area contributed by atoms with Gasteiger partial charge in [-0.05, 0) is 26.7 Å². The van der Waals surface area contributed by atoms with Gasteiger partial charge in [0.05, 0.1) is 10.9 Å². The fourth-order valence-corrected chi connectivity index (χ4v) is 4.17. The van der Waals surface area contributed by atoms with E-state index < -0.39 is 5.91 Å². The van der Waals surface area contributed by atoms with Crippen molar-refractivity contribution in [1.82, 2.24) is 14.4 Å². The fourth-order valence-electron chi connectivity index (χ4n) is 4.17. The maximum atomic E-state index is 11.6. The summed E-state index contributed by atoms with van der Waals surface area (Å²) in [6, 6.07) is 0. The lowest BCUT2D eigenvalue weighted by Crippen LogP contribution is -2.50. The van der Waals surface area contributed by atoms with E-state index in [2.05, 4.69) is 27.6 Å². The predicted octanol–water partition coefficient (Wildman–Crippen LogP) is 4.83. The minimum Gasteiger partial charge on any atom is -0.369 e. The van der Waals surface area contributed by atoms with Crippen LogP contribution in [0.4, 0.5) is 5.69 Å². The van der Waals surface area contributed by atoms with Gasteiger partial charge in [-0.3, -0.25) is 9.48 Å². The van der Waals surface area contributed by atoms with Crippen molar-refractivity contribution in [3.8, 4) is 0 Å². The number of aromatic nitrogens is 2. The minimum absolute atomic E-state index is 0.0541. The Bertz CT molecular complexity index is 738. The van der Waals surface area contributed by atoms with E-state index in [9.17, 15) is 4.79 Å². The highest BCUT2D eigenvalue weighted by Crippen LogP contribution is 2.36. The molecule has 2 heterocycles. The molecule has 0 saturated carbocycles. The first kappa shape index (κ1) is 23.2. The Balaban J connectivity index is 1.96. The number of carbonyl (C=O) groups is 1. The Morgan fingerprint density at radius 1 is 1.00 bits per heavy atom. The van der Waals surface area contributed by atoms with Crippen molar-refractivity contribution in [2.24, 2.45) is 28.3 Å². The van der Waals surface area contributed by atoms with Crippen LogP contribution in [0, 0.1) is 13.8 Å². The zero-order valence-corrected chi connectivity index (χ0v) is 18.7. The summed E-state index contributed by atoms with van der Waals surface area (Å²) in [6.07, 6.45) is 12.7. The van der Waals surface area contributed by atoms with Crippen LogP contribution >= 0.6 is 0 Å². The molecule has 162 valence electrons. The average Bonchev–Trinajstić information content (AvgIpc) is 3.16. The molecule has 0 spiro atoms. The predicted molar refractivity (Wildman–Crippen MR) is 117 cm³/mol. The van der Waals surface area contributed by atoms with Gasteiger partial charge in [0.2, 0.25) is 11.6 Å². The first-order valence-corrected chi connectivity index (χ1v) is 11.1. The van der Waals surface area contributed by atoms with Gasteiger partial charge in [0, 0.05) is 12.3 Å². The molecule has 1 aromatic heterocycles. The van der Waals surface area contributed by atoms with Crippen LogP contribution in [0.5, 0.6) is 0 Å². The van der Waals surface area contributed by atoms with Crippen molar-refractivity contribution < 1.29 is 4.79 Å². The molecule has 1 aliphatic rings. The van der Waals surface area contributed by atoms with Gasteiger partial charge in [0.25, 0.3) is 5.84 Å². The summed E-state index contributed by atoms with van der Waals surface area (Å²) in [6.45, 7) is 6.96. The van der Waals surface area contributed by atoms with E-state index in [0.29, 0.717) is 5.84 Å². The Labute approximate surface area is 174 Å². The molecule has 0 aromatic carbocycles. The molecule has 0 bridgehead atoms. The topological polar surface area (TPSA) is 98.0 Å². The van der Waals surface area contributed by atoms with Crippen molar-refractivity contribution >= 4 is 17.4 Å². The van der Waals surface area contributed by atoms with E-state index in [0.717, 1.165) is 36.5 Å². The zero-order chi connectivity index (χ0) is 21.3. The zero-order valence-electron chi connectivity index (χ0n) is 18.7. The molecule has 1 amide bonds. The first-order chi connectivity index (χ1) is 13.9. The number of nitrogens with zero attached hydrogens (tertiary/aromatic N) is 6. The molecule has 8 nitrogen and oxygen atoms in total. The number of unbranched alkanes of at least 4 members (excludes halogenated alkanes) is 9. The lowest BCUT2D eigenvalue weighted by atomic mass is 10.1. The number of nitrogens with two attached hydrogens (primary N) is 1. The van der Waals surface area contributed by atoms with E-state index in [-0.39, 0.29) is 11.0 Å². The van der Waals surface area contributed by atoms with Crippen molar-refractivity contribution in [3.05, 3.63) is 11.4 Å². The van der Waals surface area contributed by atoms with Crippen LogP contribution in [0.2, 0.25) is 0 Å². The van der Waals surface area contributed by atoms with Gasteiger partial charge in [0.15, 0.2) is 0 Å². The second kappa shape index (κ2) is 11.2. The van der Waals surface area contributed by atoms with Crippen LogP contribution in [0.3, 0.4) is 0 Å². The summed E-state index contributed by atoms with van der Waals surface area (Å²) < 4.78 is 1.98. The Hall–Kier alpha value is -2.09. The van der Waals surface area contributed by atoms with E-state index in [1.807, 2.05) is 25.6 Å². The first-order valence-electron chi connectivity index (χ1n) is 11.1. The quantitative estimate of drug-likeness (QED) is 0.355.